The predicted octanol–water partition coefficient (Wildman–Crippen LogP) is 6.10. The van der Waals surface area contributed by atoms with Crippen LogP contribution in [0.4, 0.5) is 18.0 Å². The Labute approximate surface area is 216 Å². The molecule has 0 radical (unpaired) electrons. The molecule has 0 aromatic heterocycles. The summed E-state index contributed by atoms with van der Waals surface area (Å²) in [6, 6.07) is 14.2. The van der Waals surface area contributed by atoms with Crippen LogP contribution < -0.4 is 5.32 Å². The van der Waals surface area contributed by atoms with Crippen molar-refractivity contribution in [1.29, 1.82) is 0 Å². The molecule has 9 heteroatoms. The average Bonchev–Trinajstić information content (AvgIpc) is 2.83. The van der Waals surface area contributed by atoms with Gasteiger partial charge in [-0.3, -0.25) is 0 Å². The number of rotatable bonds is 3. The number of nitrogens with one attached hydrogen (secondary N) is 1. The topological polar surface area (TPSA) is 73.9 Å². The number of halogens is 3. The Balaban J connectivity index is 0.000000591. The lowest BCUT2D eigenvalue weighted by Gasteiger charge is -2.23. The van der Waals surface area contributed by atoms with Crippen LogP contribution in [-0.2, 0) is 31.6 Å². The third-order valence-corrected chi connectivity index (χ3v) is 5.34. The second kappa shape index (κ2) is 13.5. The van der Waals surface area contributed by atoms with Crippen molar-refractivity contribution in [2.45, 2.75) is 71.4 Å². The van der Waals surface area contributed by atoms with E-state index in [0.717, 1.165) is 17.7 Å². The van der Waals surface area contributed by atoms with Crippen LogP contribution in [0, 0.1) is 12.8 Å². The van der Waals surface area contributed by atoms with E-state index in [2.05, 4.69) is 24.4 Å². The molecule has 6 nitrogen and oxygen atoms in total. The zero-order chi connectivity index (χ0) is 27.6. The maximum atomic E-state index is 12.7. The minimum atomic E-state index is -4.38. The minimum absolute atomic E-state index is 0.0650. The third kappa shape index (κ3) is 11.7. The number of esters is 1. The normalized spacial score (nSPS) is 20.8. The number of carbonyl (C=O) groups excluding carboxylic acids is 2. The van der Waals surface area contributed by atoms with Gasteiger partial charge in [-0.1, -0.05) is 48.0 Å². The van der Waals surface area contributed by atoms with Crippen molar-refractivity contribution in [2.75, 3.05) is 13.2 Å². The molecule has 2 aromatic carbocycles. The molecule has 0 spiro atoms. The smallest absolute Gasteiger partial charge is 0.416 e. The summed E-state index contributed by atoms with van der Waals surface area (Å²) in [6.45, 7) is 9.12. The Morgan fingerprint density at radius 1 is 1.03 bits per heavy atom. The first-order chi connectivity index (χ1) is 17.2. The number of aryl methyl sites for hydroxylation is 1. The Morgan fingerprint density at radius 3 is 2.16 bits per heavy atom. The number of cyclic esters (lactones) is 1. The van der Waals surface area contributed by atoms with Gasteiger partial charge in [0.25, 0.3) is 0 Å². The fraction of sp³-hybridized carbons (Fsp3) is 0.500. The molecule has 1 N–H and O–H groups in total. The Kier molecular flexibility index (Phi) is 11.0. The Bertz CT molecular complexity index is 988. The quantitative estimate of drug-likeness (QED) is 0.492. The second-order valence-electron chi connectivity index (χ2n) is 10.1. The van der Waals surface area contributed by atoms with Gasteiger partial charge in [0.2, 0.25) is 0 Å². The van der Waals surface area contributed by atoms with Gasteiger partial charge in [-0.2, -0.15) is 13.2 Å². The van der Waals surface area contributed by atoms with Crippen molar-refractivity contribution >= 4 is 12.1 Å². The fourth-order valence-corrected chi connectivity index (χ4v) is 3.68. The molecule has 3 atom stereocenters. The first-order valence-electron chi connectivity index (χ1n) is 12.2. The number of carbonyl (C=O) groups is 2. The van der Waals surface area contributed by atoms with Gasteiger partial charge < -0.3 is 19.5 Å². The van der Waals surface area contributed by atoms with E-state index in [4.69, 9.17) is 14.2 Å². The van der Waals surface area contributed by atoms with Crippen molar-refractivity contribution in [2.24, 2.45) is 5.92 Å². The molecule has 37 heavy (non-hydrogen) atoms. The molecule has 1 heterocycles. The number of amides is 1. The summed E-state index contributed by atoms with van der Waals surface area (Å²) in [7, 11) is 0. The van der Waals surface area contributed by atoms with Gasteiger partial charge in [0.1, 0.15) is 5.60 Å². The van der Waals surface area contributed by atoms with E-state index in [9.17, 15) is 22.8 Å². The van der Waals surface area contributed by atoms with Crippen LogP contribution >= 0.6 is 0 Å². The average molecular weight is 524 g/mol. The Hall–Kier alpha value is -3.07. The number of hydrogen-bond acceptors (Lipinski definition) is 5. The van der Waals surface area contributed by atoms with E-state index in [1.54, 1.807) is 27.7 Å². The van der Waals surface area contributed by atoms with Crippen LogP contribution in [0.1, 0.15) is 50.8 Å². The van der Waals surface area contributed by atoms with Crippen molar-refractivity contribution in [1.82, 2.24) is 5.32 Å². The lowest BCUT2D eigenvalue weighted by atomic mass is 9.94. The van der Waals surface area contributed by atoms with E-state index in [0.29, 0.717) is 12.8 Å². The maximum Gasteiger partial charge on any atom is 0.416 e. The SMILES string of the molecule is CC1CC(Cc2ccc(C(F)(F)F)cc2)COC[C@H](NC(=O)OC(C)(C)C)C(=O)O1.Cc1ccccc1. The summed E-state index contributed by atoms with van der Waals surface area (Å²) in [5.74, 6) is -0.687. The molecule has 0 aliphatic carbocycles. The summed E-state index contributed by atoms with van der Waals surface area (Å²) in [6.07, 6.45) is -4.61. The summed E-state index contributed by atoms with van der Waals surface area (Å²) in [5.41, 5.74) is 0.642. The van der Waals surface area contributed by atoms with Gasteiger partial charge in [-0.15, -0.1) is 0 Å². The fourth-order valence-electron chi connectivity index (χ4n) is 3.68. The number of hydrogen-bond donors (Lipinski definition) is 1. The number of alkyl halides is 3. The molecule has 204 valence electrons. The third-order valence-electron chi connectivity index (χ3n) is 5.34. The standard InChI is InChI=1S/C21H28F3NO5.C7H8/c1-13-9-15(10-14-5-7-16(8-6-14)21(22,23)24)11-28-12-17(18(26)29-13)25-19(27)30-20(2,3)4;1-7-5-3-2-4-6-7/h5-8,13,15,17H,9-12H2,1-4H3,(H,25,27);2-6H,1H3/t13?,15?,17-;/m0./s1. The largest absolute Gasteiger partial charge is 0.461 e. The van der Waals surface area contributed by atoms with Crippen LogP contribution in [-0.4, -0.2) is 43.0 Å². The molecule has 0 bridgehead atoms. The van der Waals surface area contributed by atoms with Crippen LogP contribution in [0.25, 0.3) is 0 Å². The van der Waals surface area contributed by atoms with Crippen molar-refractivity contribution in [3.8, 4) is 0 Å². The molecule has 1 fully saturated rings. The van der Waals surface area contributed by atoms with E-state index in [-0.39, 0.29) is 19.1 Å². The summed E-state index contributed by atoms with van der Waals surface area (Å²) in [5, 5.41) is 2.46. The van der Waals surface area contributed by atoms with Crippen molar-refractivity contribution < 1.29 is 37.0 Å². The molecule has 2 unspecified atom stereocenters. The van der Waals surface area contributed by atoms with Gasteiger partial charge in [0.15, 0.2) is 6.04 Å². The van der Waals surface area contributed by atoms with Crippen LogP contribution in [0.2, 0.25) is 0 Å². The van der Waals surface area contributed by atoms with Crippen LogP contribution in [0.15, 0.2) is 54.6 Å². The molecule has 3 rings (SSSR count). The highest BCUT2D eigenvalue weighted by Crippen LogP contribution is 2.29. The van der Waals surface area contributed by atoms with E-state index in [1.165, 1.54) is 17.7 Å². The van der Waals surface area contributed by atoms with Crippen molar-refractivity contribution in [3.63, 3.8) is 0 Å². The molecule has 1 aliphatic rings. The lowest BCUT2D eigenvalue weighted by Crippen LogP contribution is -2.47. The highest BCUT2D eigenvalue weighted by Gasteiger charge is 2.31. The molecule has 0 saturated carbocycles. The van der Waals surface area contributed by atoms with Crippen molar-refractivity contribution in [3.05, 3.63) is 71.3 Å². The second-order valence-corrected chi connectivity index (χ2v) is 10.1. The number of ether oxygens (including phenoxy) is 3. The summed E-state index contributed by atoms with van der Waals surface area (Å²) >= 11 is 0. The Morgan fingerprint density at radius 2 is 1.65 bits per heavy atom. The monoisotopic (exact) mass is 523 g/mol. The highest BCUT2D eigenvalue weighted by atomic mass is 19.4. The number of alkyl carbamates (subject to hydrolysis) is 1. The van der Waals surface area contributed by atoms with E-state index in [1.807, 2.05) is 18.2 Å². The van der Waals surface area contributed by atoms with Gasteiger partial charge in [-0.25, -0.2) is 9.59 Å². The molecule has 1 amide bonds. The maximum absolute atomic E-state index is 12.7. The molecule has 2 aromatic rings. The molecule has 1 aliphatic heterocycles. The molecular weight excluding hydrogens is 487 g/mol. The number of benzene rings is 2. The first-order valence-corrected chi connectivity index (χ1v) is 12.2. The van der Waals surface area contributed by atoms with Gasteiger partial charge >= 0.3 is 18.2 Å². The van der Waals surface area contributed by atoms with E-state index < -0.39 is 41.5 Å². The van der Waals surface area contributed by atoms with Crippen LogP contribution in [0.5, 0.6) is 0 Å². The van der Waals surface area contributed by atoms with Gasteiger partial charge in [0.05, 0.1) is 18.3 Å². The first kappa shape index (κ1) is 30.2. The molecular formula is C28H36F3NO5. The zero-order valence-corrected chi connectivity index (χ0v) is 21.9. The van der Waals surface area contributed by atoms with Crippen LogP contribution in [0.3, 0.4) is 0 Å². The summed E-state index contributed by atoms with van der Waals surface area (Å²) < 4.78 is 54.4. The minimum Gasteiger partial charge on any atom is -0.461 e. The lowest BCUT2D eigenvalue weighted by molar-refractivity contribution is -0.151. The van der Waals surface area contributed by atoms with E-state index >= 15 is 0 Å². The zero-order valence-electron chi connectivity index (χ0n) is 21.9. The highest BCUT2D eigenvalue weighted by molar-refractivity contribution is 5.81. The predicted molar refractivity (Wildman–Crippen MR) is 134 cm³/mol. The van der Waals surface area contributed by atoms with Gasteiger partial charge in [-0.05, 0) is 71.1 Å². The van der Waals surface area contributed by atoms with Gasteiger partial charge in [0, 0.05) is 6.61 Å². The summed E-state index contributed by atoms with van der Waals surface area (Å²) in [4.78, 5) is 24.3. The molecule has 1 saturated heterocycles.